The van der Waals surface area contributed by atoms with Crippen molar-refractivity contribution in [3.05, 3.63) is 100.0 Å². The summed E-state index contributed by atoms with van der Waals surface area (Å²) >= 11 is 0. The third-order valence-electron chi connectivity index (χ3n) is 7.86. The number of pyridine rings is 1. The summed E-state index contributed by atoms with van der Waals surface area (Å²) in [5.74, 6) is -0.238. The van der Waals surface area contributed by atoms with Crippen molar-refractivity contribution >= 4 is 34.3 Å². The molecular weight excluding hydrogens is 629 g/mol. The molecule has 2 N–H and O–H groups in total. The van der Waals surface area contributed by atoms with Gasteiger partial charge in [-0.3, -0.25) is 19.2 Å². The summed E-state index contributed by atoms with van der Waals surface area (Å²) in [7, 11) is 1.42. The van der Waals surface area contributed by atoms with Crippen LogP contribution in [0.1, 0.15) is 27.3 Å². The molecule has 0 aliphatic carbocycles. The van der Waals surface area contributed by atoms with Gasteiger partial charge in [-0.1, -0.05) is 6.07 Å². The van der Waals surface area contributed by atoms with Crippen LogP contribution >= 0.6 is 0 Å². The first-order valence-electron chi connectivity index (χ1n) is 15.0. The molecule has 1 fully saturated rings. The number of aromatic nitrogens is 5. The minimum absolute atomic E-state index is 0.187. The number of morpholine rings is 1. The lowest BCUT2D eigenvalue weighted by Gasteiger charge is -2.27. The molecule has 248 valence electrons. The minimum Gasteiger partial charge on any atom is -0.497 e. The number of methoxy groups -OCH3 is 1. The normalized spacial score (nSPS) is 13.8. The number of benzene rings is 2. The zero-order chi connectivity index (χ0) is 33.8. The number of alkyl halides is 3. The fourth-order valence-electron chi connectivity index (χ4n) is 5.38. The van der Waals surface area contributed by atoms with Gasteiger partial charge < -0.3 is 20.1 Å². The highest BCUT2D eigenvalue weighted by Crippen LogP contribution is 2.30. The smallest absolute Gasteiger partial charge is 0.416 e. The maximum atomic E-state index is 13.8. The van der Waals surface area contributed by atoms with E-state index in [2.05, 4.69) is 35.5 Å². The van der Waals surface area contributed by atoms with E-state index in [1.54, 1.807) is 24.5 Å². The molecule has 1 aliphatic heterocycles. The average molecular weight is 661 g/mol. The lowest BCUT2D eigenvalue weighted by molar-refractivity contribution is -0.137. The molecule has 3 aromatic heterocycles. The third kappa shape index (κ3) is 7.26. The number of aryl methyl sites for hydroxylation is 1. The fourth-order valence-corrected chi connectivity index (χ4v) is 5.38. The van der Waals surface area contributed by atoms with E-state index in [1.807, 2.05) is 13.0 Å². The number of anilines is 3. The number of hydrogen-bond acceptors (Lipinski definition) is 10. The lowest BCUT2D eigenvalue weighted by atomic mass is 10.1. The summed E-state index contributed by atoms with van der Waals surface area (Å²) in [5, 5.41) is 6.29. The minimum atomic E-state index is -4.61. The third-order valence-corrected chi connectivity index (χ3v) is 7.86. The summed E-state index contributed by atoms with van der Waals surface area (Å²) in [6.45, 7) is 5.09. The van der Waals surface area contributed by atoms with E-state index >= 15 is 0 Å². The van der Waals surface area contributed by atoms with Crippen molar-refractivity contribution in [2.45, 2.75) is 19.5 Å². The van der Waals surface area contributed by atoms with Crippen LogP contribution in [0.25, 0.3) is 16.7 Å². The van der Waals surface area contributed by atoms with Gasteiger partial charge in [-0.2, -0.15) is 23.1 Å². The summed E-state index contributed by atoms with van der Waals surface area (Å²) < 4.78 is 52.2. The van der Waals surface area contributed by atoms with Gasteiger partial charge >= 0.3 is 11.9 Å². The van der Waals surface area contributed by atoms with Crippen molar-refractivity contribution in [1.82, 2.24) is 29.4 Å². The molecule has 48 heavy (non-hydrogen) atoms. The molecule has 0 radical (unpaired) electrons. The molecule has 5 aromatic rings. The molecule has 1 saturated heterocycles. The molecule has 0 unspecified atom stereocenters. The second-order valence-corrected chi connectivity index (χ2v) is 11.0. The number of fused-ring (bicyclic) bond motifs is 1. The van der Waals surface area contributed by atoms with Gasteiger partial charge in [-0.05, 0) is 43.3 Å². The lowest BCUT2D eigenvalue weighted by Crippen LogP contribution is -2.38. The van der Waals surface area contributed by atoms with Gasteiger partial charge in [0.1, 0.15) is 5.75 Å². The van der Waals surface area contributed by atoms with Crippen LogP contribution in [0.2, 0.25) is 0 Å². The van der Waals surface area contributed by atoms with Crippen LogP contribution in [0.4, 0.5) is 30.5 Å². The van der Waals surface area contributed by atoms with E-state index in [1.165, 1.54) is 29.9 Å². The molecule has 0 bridgehead atoms. The Kier molecular flexibility index (Phi) is 9.32. The van der Waals surface area contributed by atoms with Gasteiger partial charge in [0, 0.05) is 67.5 Å². The molecule has 6 rings (SSSR count). The molecular formula is C33H31F3N8O4. The highest BCUT2D eigenvalue weighted by atomic mass is 19.4. The van der Waals surface area contributed by atoms with Crippen molar-refractivity contribution in [3.8, 4) is 11.4 Å². The van der Waals surface area contributed by atoms with E-state index in [-0.39, 0.29) is 22.8 Å². The monoisotopic (exact) mass is 660 g/mol. The van der Waals surface area contributed by atoms with Crippen LogP contribution in [-0.4, -0.2) is 75.3 Å². The first-order valence-corrected chi connectivity index (χ1v) is 15.0. The largest absolute Gasteiger partial charge is 0.497 e. The quantitative estimate of drug-likeness (QED) is 0.227. The molecule has 4 heterocycles. The highest BCUT2D eigenvalue weighted by Gasteiger charge is 2.31. The number of hydrogen-bond donors (Lipinski definition) is 2. The number of nitrogens with zero attached hydrogens (tertiary/aromatic N) is 6. The summed E-state index contributed by atoms with van der Waals surface area (Å²) in [6.07, 6.45) is -0.924. The number of nitrogens with one attached hydrogen (secondary N) is 2. The van der Waals surface area contributed by atoms with Crippen LogP contribution in [0.5, 0.6) is 5.75 Å². The van der Waals surface area contributed by atoms with Crippen molar-refractivity contribution < 1.29 is 27.4 Å². The Balaban J connectivity index is 1.40. The van der Waals surface area contributed by atoms with Crippen molar-refractivity contribution in [2.24, 2.45) is 0 Å². The van der Waals surface area contributed by atoms with Gasteiger partial charge in [0.2, 0.25) is 5.95 Å². The van der Waals surface area contributed by atoms with Crippen molar-refractivity contribution in [1.29, 1.82) is 0 Å². The van der Waals surface area contributed by atoms with Crippen LogP contribution < -0.4 is 21.1 Å². The maximum absolute atomic E-state index is 13.8. The molecule has 1 aliphatic rings. The number of ether oxygens (including phenoxy) is 2. The van der Waals surface area contributed by atoms with E-state index < -0.39 is 23.3 Å². The Labute approximate surface area is 272 Å². The summed E-state index contributed by atoms with van der Waals surface area (Å²) in [6, 6.07) is 12.4. The van der Waals surface area contributed by atoms with Crippen molar-refractivity contribution in [3.63, 3.8) is 0 Å². The predicted molar refractivity (Wildman–Crippen MR) is 172 cm³/mol. The fraction of sp³-hybridized carbons (Fsp3) is 0.273. The van der Waals surface area contributed by atoms with Gasteiger partial charge in [-0.15, -0.1) is 0 Å². The van der Waals surface area contributed by atoms with Gasteiger partial charge in [0.25, 0.3) is 5.91 Å². The SMILES string of the molecule is COc1cc(NC(=O)c2cccc(C(F)(F)F)c2)cc(-n2c(CCN3CCOCC3)c3cnc(Nc4cccnc4C)nc3nc2=O)c1. The zero-order valence-electron chi connectivity index (χ0n) is 26.0. The number of rotatable bonds is 9. The van der Waals surface area contributed by atoms with Crippen molar-refractivity contribution in [2.75, 3.05) is 50.6 Å². The van der Waals surface area contributed by atoms with Gasteiger partial charge in [-0.25, -0.2) is 9.78 Å². The van der Waals surface area contributed by atoms with Crippen LogP contribution in [0.3, 0.4) is 0 Å². The standard InChI is InChI=1S/C33H31F3N8O4/c1-20-27(7-4-9-37-20)40-31-38-19-26-28(8-10-43-11-13-48-14-12-43)44(32(46)42-29(26)41-31)24-16-23(17-25(18-24)47-2)39-30(45)21-5-3-6-22(15-21)33(34,35)36/h3-7,9,15-19H,8,10-14H2,1-2H3,(H,39,45)(H,40,41,42,46). The molecule has 0 spiro atoms. The Morgan fingerprint density at radius 2 is 1.85 bits per heavy atom. The number of carbonyl (C=O) groups excluding carboxylic acids is 1. The second kappa shape index (κ2) is 13.8. The van der Waals surface area contributed by atoms with E-state index in [0.29, 0.717) is 54.4 Å². The second-order valence-electron chi connectivity index (χ2n) is 11.0. The van der Waals surface area contributed by atoms with Crippen LogP contribution in [0, 0.1) is 6.92 Å². The molecule has 1 amide bonds. The average Bonchev–Trinajstić information content (AvgIpc) is 3.08. The van der Waals surface area contributed by atoms with Gasteiger partial charge in [0.15, 0.2) is 5.65 Å². The number of halogens is 3. The summed E-state index contributed by atoms with van der Waals surface area (Å²) in [4.78, 5) is 46.7. The van der Waals surface area contributed by atoms with E-state index in [0.717, 1.165) is 37.0 Å². The Morgan fingerprint density at radius 1 is 1.04 bits per heavy atom. The first-order chi connectivity index (χ1) is 23.1. The molecule has 0 atom stereocenters. The molecule has 12 nitrogen and oxygen atoms in total. The highest BCUT2D eigenvalue weighted by molar-refractivity contribution is 6.04. The Bertz CT molecular complexity index is 2030. The van der Waals surface area contributed by atoms with E-state index in [4.69, 9.17) is 9.47 Å². The number of amides is 1. The molecule has 2 aromatic carbocycles. The molecule has 0 saturated carbocycles. The maximum Gasteiger partial charge on any atom is 0.416 e. The van der Waals surface area contributed by atoms with E-state index in [9.17, 15) is 22.8 Å². The predicted octanol–water partition coefficient (Wildman–Crippen LogP) is 4.78. The summed E-state index contributed by atoms with van der Waals surface area (Å²) in [5.41, 5.74) is 0.948. The number of carbonyl (C=O) groups is 1. The topological polar surface area (TPSA) is 136 Å². The van der Waals surface area contributed by atoms with Crippen LogP contribution in [0.15, 0.2) is 71.8 Å². The van der Waals surface area contributed by atoms with Crippen LogP contribution in [-0.2, 0) is 17.3 Å². The van der Waals surface area contributed by atoms with Gasteiger partial charge in [0.05, 0.1) is 48.3 Å². The zero-order valence-corrected chi connectivity index (χ0v) is 26.0. The Hall–Kier alpha value is -5.41. The first kappa shape index (κ1) is 32.5. The Morgan fingerprint density at radius 3 is 2.60 bits per heavy atom. The molecule has 15 heteroatoms.